The normalized spacial score (nSPS) is 25.6. The van der Waals surface area contributed by atoms with Crippen LogP contribution in [0.15, 0.2) is 24.3 Å². The zero-order valence-corrected chi connectivity index (χ0v) is 13.4. The van der Waals surface area contributed by atoms with Crippen LogP contribution in [0.1, 0.15) is 37.7 Å². The summed E-state index contributed by atoms with van der Waals surface area (Å²) in [6.45, 7) is 2.35. The minimum atomic E-state index is -0.300. The van der Waals surface area contributed by atoms with E-state index in [0.717, 1.165) is 5.92 Å². The molecule has 88 valence electrons. The van der Waals surface area contributed by atoms with Crippen molar-refractivity contribution < 1.29 is 0 Å². The Morgan fingerprint density at radius 1 is 1.19 bits per heavy atom. The first-order chi connectivity index (χ1) is 7.79. The monoisotopic (exact) mass is 344 g/mol. The molecule has 16 heavy (non-hydrogen) atoms. The first kappa shape index (κ1) is 12.6. The maximum absolute atomic E-state index is 2.39. The van der Waals surface area contributed by atoms with Crippen LogP contribution in [0.4, 0.5) is 0 Å². The Bertz CT molecular complexity index is 312. The third-order valence-corrected chi connectivity index (χ3v) is 8.30. The van der Waals surface area contributed by atoms with Crippen LogP contribution in [0.2, 0.25) is 18.1 Å². The van der Waals surface area contributed by atoms with Gasteiger partial charge in [0.25, 0.3) is 0 Å². The van der Waals surface area contributed by atoms with E-state index in [-0.39, 0.29) is 8.80 Å². The molecule has 1 fully saturated rings. The third-order valence-electron chi connectivity index (χ3n) is 3.89. The highest BCUT2D eigenvalue weighted by Gasteiger charge is 2.22. The predicted octanol–water partition coefficient (Wildman–Crippen LogP) is 4.81. The molecule has 1 aromatic rings. The molecule has 0 unspecified atom stereocenters. The molecule has 1 aliphatic rings. The number of hydrogen-bond acceptors (Lipinski definition) is 0. The predicted molar refractivity (Wildman–Crippen MR) is 83.0 cm³/mol. The van der Waals surface area contributed by atoms with E-state index in [0.29, 0.717) is 0 Å². The lowest BCUT2D eigenvalue weighted by Crippen LogP contribution is -2.19. The maximum atomic E-state index is 2.39. The Labute approximate surface area is 115 Å². The van der Waals surface area contributed by atoms with Gasteiger partial charge in [-0.1, -0.05) is 43.6 Å². The number of rotatable bonds is 3. The quantitative estimate of drug-likeness (QED) is 0.545. The molecule has 0 saturated carbocycles. The molecule has 0 amide bonds. The van der Waals surface area contributed by atoms with Gasteiger partial charge in [-0.3, -0.25) is 0 Å². The lowest BCUT2D eigenvalue weighted by atomic mass is 9.94. The lowest BCUT2D eigenvalue weighted by Gasteiger charge is -2.27. The summed E-state index contributed by atoms with van der Waals surface area (Å²) in [7, 11) is -0.300. The lowest BCUT2D eigenvalue weighted by molar-refractivity contribution is 0.605. The molecule has 0 atom stereocenters. The summed E-state index contributed by atoms with van der Waals surface area (Å²) in [5, 5.41) is 0. The minimum Gasteiger partial charge on any atom is -0.0657 e. The SMILES string of the molecule is CCC[Si@H]1CC[C@H](c2ccc(I)cc2)CC1. The van der Waals surface area contributed by atoms with Crippen LogP contribution in [0.5, 0.6) is 0 Å². The average Bonchev–Trinajstić information content (AvgIpc) is 2.32. The summed E-state index contributed by atoms with van der Waals surface area (Å²) < 4.78 is 1.36. The van der Waals surface area contributed by atoms with Gasteiger partial charge >= 0.3 is 0 Å². The Balaban J connectivity index is 1.91. The molecule has 2 rings (SSSR count). The van der Waals surface area contributed by atoms with E-state index in [1.807, 2.05) is 0 Å². The molecular formula is C14H21ISi. The van der Waals surface area contributed by atoms with Crippen LogP contribution in [-0.2, 0) is 0 Å². The van der Waals surface area contributed by atoms with Gasteiger partial charge in [0.1, 0.15) is 0 Å². The van der Waals surface area contributed by atoms with Gasteiger partial charge in [0.05, 0.1) is 0 Å². The summed E-state index contributed by atoms with van der Waals surface area (Å²) in [4.78, 5) is 0. The first-order valence-electron chi connectivity index (χ1n) is 6.55. The van der Waals surface area contributed by atoms with Gasteiger partial charge in [0.15, 0.2) is 0 Å². The van der Waals surface area contributed by atoms with Gasteiger partial charge in [-0.2, -0.15) is 0 Å². The summed E-state index contributed by atoms with van der Waals surface area (Å²) in [5.41, 5.74) is 1.59. The Kier molecular flexibility index (Phi) is 4.89. The van der Waals surface area contributed by atoms with Crippen LogP contribution in [0.3, 0.4) is 0 Å². The van der Waals surface area contributed by atoms with Crippen molar-refractivity contribution in [2.45, 2.75) is 50.2 Å². The molecule has 0 spiro atoms. The zero-order chi connectivity index (χ0) is 11.4. The van der Waals surface area contributed by atoms with Crippen molar-refractivity contribution in [3.05, 3.63) is 33.4 Å². The van der Waals surface area contributed by atoms with Crippen LogP contribution in [-0.4, -0.2) is 8.80 Å². The first-order valence-corrected chi connectivity index (χ1v) is 10.1. The number of benzene rings is 1. The smallest absolute Gasteiger partial charge is 0.0368 e. The molecule has 0 aliphatic carbocycles. The Morgan fingerprint density at radius 3 is 2.38 bits per heavy atom. The van der Waals surface area contributed by atoms with Crippen molar-refractivity contribution in [1.29, 1.82) is 0 Å². The van der Waals surface area contributed by atoms with E-state index in [1.54, 1.807) is 23.7 Å². The fraction of sp³-hybridized carbons (Fsp3) is 0.571. The van der Waals surface area contributed by atoms with Crippen molar-refractivity contribution in [2.75, 3.05) is 0 Å². The van der Waals surface area contributed by atoms with Gasteiger partial charge in [-0.05, 0) is 59.0 Å². The number of halogens is 1. The van der Waals surface area contributed by atoms with Gasteiger partial charge in [-0.25, -0.2) is 0 Å². The zero-order valence-electron chi connectivity index (χ0n) is 10.1. The standard InChI is InChI=1S/C14H21ISi/c1-2-9-16-10-7-13(8-11-16)12-3-5-14(15)6-4-12/h3-6,13,16H,2,7-11H2,1H3/t13-,16-. The van der Waals surface area contributed by atoms with Crippen LogP contribution < -0.4 is 0 Å². The summed E-state index contributed by atoms with van der Waals surface area (Å²) in [5.74, 6) is 0.873. The molecule has 1 aliphatic heterocycles. The van der Waals surface area contributed by atoms with Crippen molar-refractivity contribution in [3.8, 4) is 0 Å². The van der Waals surface area contributed by atoms with Gasteiger partial charge in [0.2, 0.25) is 0 Å². The highest BCUT2D eigenvalue weighted by Crippen LogP contribution is 2.34. The molecule has 0 N–H and O–H groups in total. The molecule has 0 nitrogen and oxygen atoms in total. The second-order valence-electron chi connectivity index (χ2n) is 5.06. The van der Waals surface area contributed by atoms with E-state index in [1.165, 1.54) is 22.8 Å². The van der Waals surface area contributed by atoms with Crippen molar-refractivity contribution in [2.24, 2.45) is 0 Å². The summed E-state index contributed by atoms with van der Waals surface area (Å²) >= 11 is 2.39. The van der Waals surface area contributed by atoms with Crippen molar-refractivity contribution >= 4 is 31.4 Å². The highest BCUT2D eigenvalue weighted by molar-refractivity contribution is 14.1. The van der Waals surface area contributed by atoms with Gasteiger partial charge in [-0.15, -0.1) is 0 Å². The minimum absolute atomic E-state index is 0.300. The van der Waals surface area contributed by atoms with Gasteiger partial charge in [0, 0.05) is 12.4 Å². The molecular weight excluding hydrogens is 323 g/mol. The van der Waals surface area contributed by atoms with E-state index in [9.17, 15) is 0 Å². The molecule has 1 heterocycles. The second kappa shape index (κ2) is 6.19. The van der Waals surface area contributed by atoms with Crippen LogP contribution in [0.25, 0.3) is 0 Å². The van der Waals surface area contributed by atoms with Crippen LogP contribution >= 0.6 is 22.6 Å². The molecule has 1 saturated heterocycles. The van der Waals surface area contributed by atoms with E-state index in [2.05, 4.69) is 53.8 Å². The fourth-order valence-electron chi connectivity index (χ4n) is 2.93. The van der Waals surface area contributed by atoms with Crippen molar-refractivity contribution in [1.82, 2.24) is 0 Å². The molecule has 0 aromatic heterocycles. The fourth-order valence-corrected chi connectivity index (χ4v) is 6.72. The van der Waals surface area contributed by atoms with E-state index >= 15 is 0 Å². The maximum Gasteiger partial charge on any atom is 0.0368 e. The topological polar surface area (TPSA) is 0 Å². The summed E-state index contributed by atoms with van der Waals surface area (Å²) in [6, 6.07) is 14.0. The molecule has 1 aromatic carbocycles. The molecule has 2 heteroatoms. The van der Waals surface area contributed by atoms with Gasteiger partial charge < -0.3 is 0 Å². The third kappa shape index (κ3) is 3.33. The molecule has 0 radical (unpaired) electrons. The number of hydrogen-bond donors (Lipinski definition) is 0. The summed E-state index contributed by atoms with van der Waals surface area (Å²) in [6.07, 6.45) is 4.36. The Morgan fingerprint density at radius 2 is 1.81 bits per heavy atom. The second-order valence-corrected chi connectivity index (χ2v) is 9.77. The van der Waals surface area contributed by atoms with E-state index < -0.39 is 0 Å². The van der Waals surface area contributed by atoms with Crippen molar-refractivity contribution in [3.63, 3.8) is 0 Å². The molecule has 0 bridgehead atoms. The largest absolute Gasteiger partial charge is 0.0657 e. The van der Waals surface area contributed by atoms with Crippen LogP contribution in [0, 0.1) is 3.57 Å². The Hall–Kier alpha value is 0.167. The van der Waals surface area contributed by atoms with E-state index in [4.69, 9.17) is 0 Å². The highest BCUT2D eigenvalue weighted by atomic mass is 127. The average molecular weight is 344 g/mol.